The summed E-state index contributed by atoms with van der Waals surface area (Å²) in [6, 6.07) is 14.5. The topological polar surface area (TPSA) is 49.4 Å². The van der Waals surface area contributed by atoms with Gasteiger partial charge in [-0.1, -0.05) is 36.4 Å². The Morgan fingerprint density at radius 3 is 2.59 bits per heavy atom. The number of carbonyl (C=O) groups is 2. The number of amides is 2. The zero-order valence-electron chi connectivity index (χ0n) is 15.4. The van der Waals surface area contributed by atoms with Crippen molar-refractivity contribution in [3.63, 3.8) is 0 Å². The lowest BCUT2D eigenvalue weighted by Gasteiger charge is -2.27. The molecular formula is C22H23FN2O2. The van der Waals surface area contributed by atoms with E-state index in [1.807, 2.05) is 31.2 Å². The SMILES string of the molecule is CC1Cc2ccccc2N1C(=O)C1(C(=O)NCCc2ccccc2F)CC1. The Kier molecular flexibility index (Phi) is 4.46. The summed E-state index contributed by atoms with van der Waals surface area (Å²) in [5.74, 6) is -0.616. The van der Waals surface area contributed by atoms with E-state index in [9.17, 15) is 14.0 Å². The summed E-state index contributed by atoms with van der Waals surface area (Å²) in [7, 11) is 0. The number of halogens is 1. The highest BCUT2D eigenvalue weighted by atomic mass is 19.1. The maximum atomic E-state index is 13.7. The highest BCUT2D eigenvalue weighted by Gasteiger charge is 2.59. The third-order valence-corrected chi connectivity index (χ3v) is 5.66. The second-order valence-corrected chi connectivity index (χ2v) is 7.54. The first-order chi connectivity index (χ1) is 13.0. The van der Waals surface area contributed by atoms with Crippen LogP contribution in [0.1, 0.15) is 30.9 Å². The molecule has 27 heavy (non-hydrogen) atoms. The quantitative estimate of drug-likeness (QED) is 0.826. The van der Waals surface area contributed by atoms with Gasteiger partial charge in [-0.05, 0) is 55.9 Å². The van der Waals surface area contributed by atoms with Gasteiger partial charge in [0, 0.05) is 18.3 Å². The Morgan fingerprint density at radius 1 is 1.15 bits per heavy atom. The summed E-state index contributed by atoms with van der Waals surface area (Å²) < 4.78 is 13.7. The Morgan fingerprint density at radius 2 is 1.85 bits per heavy atom. The first-order valence-corrected chi connectivity index (χ1v) is 9.46. The number of nitrogens with zero attached hydrogens (tertiary/aromatic N) is 1. The fraction of sp³-hybridized carbons (Fsp3) is 0.364. The van der Waals surface area contributed by atoms with Crippen molar-refractivity contribution < 1.29 is 14.0 Å². The Hall–Kier alpha value is -2.69. The van der Waals surface area contributed by atoms with E-state index in [0.29, 0.717) is 31.4 Å². The van der Waals surface area contributed by atoms with Gasteiger partial charge >= 0.3 is 0 Å². The lowest BCUT2D eigenvalue weighted by atomic mass is 10.0. The molecular weight excluding hydrogens is 343 g/mol. The summed E-state index contributed by atoms with van der Waals surface area (Å²) in [6.07, 6.45) is 2.37. The van der Waals surface area contributed by atoms with Crippen molar-refractivity contribution in [2.24, 2.45) is 5.41 Å². The van der Waals surface area contributed by atoms with Crippen LogP contribution in [-0.4, -0.2) is 24.4 Å². The van der Waals surface area contributed by atoms with Gasteiger partial charge in [0.25, 0.3) is 0 Å². The highest BCUT2D eigenvalue weighted by molar-refractivity contribution is 6.15. The van der Waals surface area contributed by atoms with Crippen LogP contribution in [0.5, 0.6) is 0 Å². The van der Waals surface area contributed by atoms with Gasteiger partial charge in [-0.3, -0.25) is 9.59 Å². The normalized spacial score (nSPS) is 19.5. The molecule has 0 aromatic heterocycles. The third-order valence-electron chi connectivity index (χ3n) is 5.66. The number of hydrogen-bond donors (Lipinski definition) is 1. The highest BCUT2D eigenvalue weighted by Crippen LogP contribution is 2.49. The number of carbonyl (C=O) groups excluding carboxylic acids is 2. The molecule has 1 atom stereocenters. The van der Waals surface area contributed by atoms with Gasteiger partial charge in [-0.25, -0.2) is 4.39 Å². The molecule has 0 saturated heterocycles. The number of anilines is 1. The first-order valence-electron chi connectivity index (χ1n) is 9.46. The molecule has 2 aromatic carbocycles. The average Bonchev–Trinajstić information content (AvgIpc) is 3.40. The van der Waals surface area contributed by atoms with Crippen molar-refractivity contribution in [1.29, 1.82) is 0 Å². The molecule has 0 spiro atoms. The zero-order valence-corrected chi connectivity index (χ0v) is 15.4. The van der Waals surface area contributed by atoms with Gasteiger partial charge in [0.1, 0.15) is 11.2 Å². The number of nitrogens with one attached hydrogen (secondary N) is 1. The fourth-order valence-corrected chi connectivity index (χ4v) is 3.95. The molecule has 2 aromatic rings. The molecule has 1 N–H and O–H groups in total. The molecule has 0 bridgehead atoms. The monoisotopic (exact) mass is 366 g/mol. The molecule has 1 saturated carbocycles. The molecule has 1 unspecified atom stereocenters. The minimum atomic E-state index is -0.957. The van der Waals surface area contributed by atoms with Crippen LogP contribution in [0.15, 0.2) is 48.5 Å². The molecule has 140 valence electrons. The van der Waals surface area contributed by atoms with Crippen molar-refractivity contribution in [1.82, 2.24) is 5.32 Å². The summed E-state index contributed by atoms with van der Waals surface area (Å²) in [5.41, 5.74) is 1.67. The Balaban J connectivity index is 1.43. The van der Waals surface area contributed by atoms with E-state index in [0.717, 1.165) is 17.7 Å². The van der Waals surface area contributed by atoms with E-state index in [1.165, 1.54) is 6.07 Å². The van der Waals surface area contributed by atoms with E-state index in [4.69, 9.17) is 0 Å². The lowest BCUT2D eigenvalue weighted by molar-refractivity contribution is -0.135. The second kappa shape index (κ2) is 6.80. The van der Waals surface area contributed by atoms with E-state index < -0.39 is 5.41 Å². The first kappa shape index (κ1) is 17.7. The molecule has 2 aliphatic rings. The molecule has 4 rings (SSSR count). The Labute approximate surface area is 158 Å². The lowest BCUT2D eigenvalue weighted by Crippen LogP contribution is -2.47. The molecule has 2 amide bonds. The van der Waals surface area contributed by atoms with Gasteiger partial charge < -0.3 is 10.2 Å². The van der Waals surface area contributed by atoms with E-state index in [1.54, 1.807) is 23.1 Å². The molecule has 4 nitrogen and oxygen atoms in total. The molecule has 0 radical (unpaired) electrons. The number of para-hydroxylation sites is 1. The van der Waals surface area contributed by atoms with Crippen LogP contribution < -0.4 is 10.2 Å². The Bertz CT molecular complexity index is 891. The van der Waals surface area contributed by atoms with Crippen LogP contribution in [-0.2, 0) is 22.4 Å². The largest absolute Gasteiger partial charge is 0.355 e. The average molecular weight is 366 g/mol. The van der Waals surface area contributed by atoms with Crippen molar-refractivity contribution in [3.8, 4) is 0 Å². The molecule has 1 fully saturated rings. The van der Waals surface area contributed by atoms with Crippen LogP contribution in [0, 0.1) is 11.2 Å². The van der Waals surface area contributed by atoms with Gasteiger partial charge in [0.05, 0.1) is 0 Å². The molecule has 1 aliphatic carbocycles. The number of fused-ring (bicyclic) bond motifs is 1. The van der Waals surface area contributed by atoms with Gasteiger partial charge in [0.2, 0.25) is 11.8 Å². The van der Waals surface area contributed by atoms with Crippen LogP contribution in [0.2, 0.25) is 0 Å². The van der Waals surface area contributed by atoms with Crippen molar-refractivity contribution >= 4 is 17.5 Å². The summed E-state index contributed by atoms with van der Waals surface area (Å²) >= 11 is 0. The van der Waals surface area contributed by atoms with Crippen LogP contribution in [0.25, 0.3) is 0 Å². The van der Waals surface area contributed by atoms with E-state index >= 15 is 0 Å². The van der Waals surface area contributed by atoms with E-state index in [2.05, 4.69) is 5.32 Å². The van der Waals surface area contributed by atoms with Gasteiger partial charge in [0.15, 0.2) is 0 Å². The summed E-state index contributed by atoms with van der Waals surface area (Å²) in [5, 5.41) is 2.85. The molecule has 1 aliphatic heterocycles. The predicted molar refractivity (Wildman–Crippen MR) is 102 cm³/mol. The summed E-state index contributed by atoms with van der Waals surface area (Å²) in [4.78, 5) is 27.8. The maximum absolute atomic E-state index is 13.7. The maximum Gasteiger partial charge on any atom is 0.242 e. The van der Waals surface area contributed by atoms with Crippen molar-refractivity contribution in [2.45, 2.75) is 38.6 Å². The minimum absolute atomic E-state index is 0.0542. The standard InChI is InChI=1S/C22H23FN2O2/c1-15-14-17-7-3-5-9-19(17)25(15)21(27)22(11-12-22)20(26)24-13-10-16-6-2-4-8-18(16)23/h2-9,15H,10-14H2,1H3,(H,24,26). The zero-order chi connectivity index (χ0) is 19.0. The molecule has 1 heterocycles. The van der Waals surface area contributed by atoms with Crippen LogP contribution in [0.4, 0.5) is 10.1 Å². The number of rotatable bonds is 5. The third kappa shape index (κ3) is 3.11. The van der Waals surface area contributed by atoms with Gasteiger partial charge in [-0.2, -0.15) is 0 Å². The summed E-state index contributed by atoms with van der Waals surface area (Å²) in [6.45, 7) is 2.34. The second-order valence-electron chi connectivity index (χ2n) is 7.54. The minimum Gasteiger partial charge on any atom is -0.355 e. The van der Waals surface area contributed by atoms with E-state index in [-0.39, 0.29) is 23.7 Å². The number of benzene rings is 2. The predicted octanol–water partition coefficient (Wildman–Crippen LogP) is 3.24. The van der Waals surface area contributed by atoms with Crippen LogP contribution >= 0.6 is 0 Å². The molecule has 5 heteroatoms. The van der Waals surface area contributed by atoms with Crippen molar-refractivity contribution in [3.05, 3.63) is 65.5 Å². The smallest absolute Gasteiger partial charge is 0.242 e. The van der Waals surface area contributed by atoms with Gasteiger partial charge in [-0.15, -0.1) is 0 Å². The van der Waals surface area contributed by atoms with Crippen molar-refractivity contribution in [2.75, 3.05) is 11.4 Å². The van der Waals surface area contributed by atoms with Crippen LogP contribution in [0.3, 0.4) is 0 Å². The number of hydrogen-bond acceptors (Lipinski definition) is 2. The fourth-order valence-electron chi connectivity index (χ4n) is 3.95.